The first-order chi connectivity index (χ1) is 8.78. The molecule has 0 spiro atoms. The summed E-state index contributed by atoms with van der Waals surface area (Å²) in [7, 11) is 2.07. The molecule has 0 aromatic rings. The van der Waals surface area contributed by atoms with E-state index in [1.165, 1.54) is 71.1 Å². The first-order valence-electron chi connectivity index (χ1n) is 8.15. The van der Waals surface area contributed by atoms with Crippen LogP contribution < -0.4 is 5.32 Å². The van der Waals surface area contributed by atoms with Crippen LogP contribution in [-0.2, 0) is 0 Å². The van der Waals surface area contributed by atoms with Gasteiger partial charge in [-0.05, 0) is 76.5 Å². The standard InChI is InChI=1S/C16H32N2.ClH/c1-14-3-5-16(6-4-14)13-18-11-8-15(9-12-18)7-10-17-2;/h14-17H,3-13H2,1-2H3;1H. The van der Waals surface area contributed by atoms with Gasteiger partial charge in [0.05, 0.1) is 0 Å². The minimum Gasteiger partial charge on any atom is -0.320 e. The van der Waals surface area contributed by atoms with Crippen molar-refractivity contribution in [3.63, 3.8) is 0 Å². The third-order valence-corrected chi connectivity index (χ3v) is 5.16. The second-order valence-electron chi connectivity index (χ2n) is 6.76. The number of likely N-dealkylation sites (tertiary alicyclic amines) is 1. The maximum atomic E-state index is 3.28. The van der Waals surface area contributed by atoms with Crippen molar-refractivity contribution in [1.82, 2.24) is 10.2 Å². The van der Waals surface area contributed by atoms with Gasteiger partial charge in [-0.25, -0.2) is 0 Å². The summed E-state index contributed by atoms with van der Waals surface area (Å²) in [6, 6.07) is 0. The Labute approximate surface area is 126 Å². The second-order valence-corrected chi connectivity index (χ2v) is 6.76. The second kappa shape index (κ2) is 9.20. The van der Waals surface area contributed by atoms with E-state index in [0.29, 0.717) is 0 Å². The molecule has 0 amide bonds. The molecule has 1 aliphatic carbocycles. The van der Waals surface area contributed by atoms with Gasteiger partial charge in [0, 0.05) is 6.54 Å². The van der Waals surface area contributed by atoms with Crippen LogP contribution in [-0.4, -0.2) is 38.1 Å². The van der Waals surface area contributed by atoms with E-state index in [1.54, 1.807) is 0 Å². The lowest BCUT2D eigenvalue weighted by atomic mass is 9.82. The van der Waals surface area contributed by atoms with Gasteiger partial charge in [-0.3, -0.25) is 0 Å². The first-order valence-corrected chi connectivity index (χ1v) is 8.15. The van der Waals surface area contributed by atoms with Crippen molar-refractivity contribution in [2.45, 2.75) is 51.9 Å². The summed E-state index contributed by atoms with van der Waals surface area (Å²) in [5, 5.41) is 3.28. The van der Waals surface area contributed by atoms with Crippen molar-refractivity contribution in [2.24, 2.45) is 17.8 Å². The number of nitrogens with zero attached hydrogens (tertiary/aromatic N) is 1. The first kappa shape index (κ1) is 17.3. The van der Waals surface area contributed by atoms with Crippen molar-refractivity contribution in [3.8, 4) is 0 Å². The molecule has 1 aliphatic heterocycles. The number of halogens is 1. The van der Waals surface area contributed by atoms with Gasteiger partial charge >= 0.3 is 0 Å². The molecule has 2 nitrogen and oxygen atoms in total. The van der Waals surface area contributed by atoms with Crippen LogP contribution in [0, 0.1) is 17.8 Å². The molecule has 2 rings (SSSR count). The van der Waals surface area contributed by atoms with Gasteiger partial charge in [0.2, 0.25) is 0 Å². The van der Waals surface area contributed by atoms with Crippen LogP contribution >= 0.6 is 12.4 Å². The topological polar surface area (TPSA) is 15.3 Å². The number of rotatable bonds is 5. The molecule has 19 heavy (non-hydrogen) atoms. The van der Waals surface area contributed by atoms with Crippen molar-refractivity contribution >= 4 is 12.4 Å². The third kappa shape index (κ3) is 6.01. The number of hydrogen-bond donors (Lipinski definition) is 1. The van der Waals surface area contributed by atoms with Crippen LogP contribution in [0.5, 0.6) is 0 Å². The summed E-state index contributed by atoms with van der Waals surface area (Å²) in [6.07, 6.45) is 10.2. The summed E-state index contributed by atoms with van der Waals surface area (Å²) in [5.41, 5.74) is 0. The molecular weight excluding hydrogens is 256 g/mol. The van der Waals surface area contributed by atoms with E-state index in [0.717, 1.165) is 17.8 Å². The Morgan fingerprint density at radius 3 is 2.16 bits per heavy atom. The van der Waals surface area contributed by atoms with Gasteiger partial charge in [-0.2, -0.15) is 0 Å². The fourth-order valence-corrected chi connectivity index (χ4v) is 3.68. The average Bonchev–Trinajstić information content (AvgIpc) is 2.41. The monoisotopic (exact) mass is 288 g/mol. The van der Waals surface area contributed by atoms with Crippen LogP contribution in [0.1, 0.15) is 51.9 Å². The molecule has 2 aliphatic rings. The Morgan fingerprint density at radius 1 is 0.947 bits per heavy atom. The van der Waals surface area contributed by atoms with Gasteiger partial charge in [0.15, 0.2) is 0 Å². The molecule has 0 atom stereocenters. The summed E-state index contributed by atoms with van der Waals surface area (Å²) < 4.78 is 0. The van der Waals surface area contributed by atoms with Crippen molar-refractivity contribution < 1.29 is 0 Å². The lowest BCUT2D eigenvalue weighted by Gasteiger charge is -2.36. The molecule has 0 radical (unpaired) electrons. The fourth-order valence-electron chi connectivity index (χ4n) is 3.68. The summed E-state index contributed by atoms with van der Waals surface area (Å²) in [5.74, 6) is 2.99. The van der Waals surface area contributed by atoms with Crippen LogP contribution in [0.4, 0.5) is 0 Å². The van der Waals surface area contributed by atoms with Crippen molar-refractivity contribution in [3.05, 3.63) is 0 Å². The maximum Gasteiger partial charge on any atom is 0.000966 e. The fraction of sp³-hybridized carbons (Fsp3) is 1.00. The number of hydrogen-bond acceptors (Lipinski definition) is 2. The number of piperidine rings is 1. The van der Waals surface area contributed by atoms with Gasteiger partial charge in [-0.15, -0.1) is 12.4 Å². The van der Waals surface area contributed by atoms with Crippen LogP contribution in [0.15, 0.2) is 0 Å². The van der Waals surface area contributed by atoms with E-state index in [-0.39, 0.29) is 12.4 Å². The van der Waals surface area contributed by atoms with E-state index < -0.39 is 0 Å². The zero-order chi connectivity index (χ0) is 12.8. The highest BCUT2D eigenvalue weighted by Crippen LogP contribution is 2.30. The molecule has 1 heterocycles. The Morgan fingerprint density at radius 2 is 1.58 bits per heavy atom. The van der Waals surface area contributed by atoms with Crippen LogP contribution in [0.25, 0.3) is 0 Å². The maximum absolute atomic E-state index is 3.28. The van der Waals surface area contributed by atoms with E-state index in [1.807, 2.05) is 0 Å². The minimum atomic E-state index is 0. The molecule has 3 heteroatoms. The van der Waals surface area contributed by atoms with Gasteiger partial charge in [0.25, 0.3) is 0 Å². The zero-order valence-corrected chi connectivity index (χ0v) is 13.7. The quantitative estimate of drug-likeness (QED) is 0.832. The minimum absolute atomic E-state index is 0. The molecule has 0 aromatic carbocycles. The molecule has 0 bridgehead atoms. The molecule has 1 N–H and O–H groups in total. The van der Waals surface area contributed by atoms with E-state index >= 15 is 0 Å². The Balaban J connectivity index is 0.00000180. The molecule has 114 valence electrons. The van der Waals surface area contributed by atoms with Gasteiger partial charge in [0.1, 0.15) is 0 Å². The molecule has 2 fully saturated rings. The van der Waals surface area contributed by atoms with Crippen LogP contribution in [0.3, 0.4) is 0 Å². The van der Waals surface area contributed by atoms with Gasteiger partial charge in [-0.1, -0.05) is 19.8 Å². The molecule has 0 aromatic heterocycles. The van der Waals surface area contributed by atoms with Crippen molar-refractivity contribution in [1.29, 1.82) is 0 Å². The molecule has 0 unspecified atom stereocenters. The summed E-state index contributed by atoms with van der Waals surface area (Å²) in [6.45, 7) is 7.74. The highest BCUT2D eigenvalue weighted by molar-refractivity contribution is 5.85. The normalized spacial score (nSPS) is 30.0. The van der Waals surface area contributed by atoms with Crippen molar-refractivity contribution in [2.75, 3.05) is 33.2 Å². The average molecular weight is 289 g/mol. The molecule has 1 saturated heterocycles. The zero-order valence-electron chi connectivity index (χ0n) is 12.9. The lowest BCUT2D eigenvalue weighted by Crippen LogP contribution is -2.38. The summed E-state index contributed by atoms with van der Waals surface area (Å²) >= 11 is 0. The Bertz CT molecular complexity index is 219. The smallest absolute Gasteiger partial charge is 0.000966 e. The lowest BCUT2D eigenvalue weighted by molar-refractivity contribution is 0.135. The van der Waals surface area contributed by atoms with Crippen LogP contribution in [0.2, 0.25) is 0 Å². The predicted molar refractivity (Wildman–Crippen MR) is 86.1 cm³/mol. The van der Waals surface area contributed by atoms with E-state index in [2.05, 4.69) is 24.2 Å². The third-order valence-electron chi connectivity index (χ3n) is 5.16. The Kier molecular flexibility index (Phi) is 8.36. The largest absolute Gasteiger partial charge is 0.320 e. The van der Waals surface area contributed by atoms with E-state index in [4.69, 9.17) is 0 Å². The summed E-state index contributed by atoms with van der Waals surface area (Å²) in [4.78, 5) is 2.75. The SMILES string of the molecule is CNCCC1CCN(CC2CCC(C)CC2)CC1.Cl. The molecular formula is C16H33ClN2. The predicted octanol–water partition coefficient (Wildman–Crippen LogP) is 3.56. The molecule has 1 saturated carbocycles. The highest BCUT2D eigenvalue weighted by Gasteiger charge is 2.23. The highest BCUT2D eigenvalue weighted by atomic mass is 35.5. The van der Waals surface area contributed by atoms with Gasteiger partial charge < -0.3 is 10.2 Å². The van der Waals surface area contributed by atoms with E-state index in [9.17, 15) is 0 Å². The Hall–Kier alpha value is 0.210. The number of nitrogens with one attached hydrogen (secondary N) is 1.